The summed E-state index contributed by atoms with van der Waals surface area (Å²) in [4.78, 5) is 60.3. The fraction of sp³-hybridized carbons (Fsp3) is 0.457. The molecule has 6 rings (SSSR count). The molecule has 16 heteroatoms. The highest BCUT2D eigenvalue weighted by atomic mass is 16.6. The summed E-state index contributed by atoms with van der Waals surface area (Å²) in [5, 5.41) is 61.1. The molecule has 51 heavy (non-hydrogen) atoms. The van der Waals surface area contributed by atoms with Crippen molar-refractivity contribution < 1.29 is 68.4 Å². The number of aliphatic hydroxyl groups is 3. The number of phenols is 2. The smallest absolute Gasteiger partial charge is 0.341 e. The third-order valence-electron chi connectivity index (χ3n) is 10.4. The first-order chi connectivity index (χ1) is 24.1. The molecule has 6 N–H and O–H groups in total. The Morgan fingerprint density at radius 2 is 1.65 bits per heavy atom. The number of aromatic hydroxyl groups is 2. The van der Waals surface area contributed by atoms with Gasteiger partial charge in [-0.1, -0.05) is 6.07 Å². The molecule has 1 aliphatic heterocycles. The standard InChI is InChI=1S/C35H38N2O14/c1-12-8-14-9-19(38)35(50-7)31(44)22-16(30(43)34(35,46)23(14)26(41)20(12)33(45)49-6)10-15-21(25(22)40)17(36-3)11-18(24(15)39)37-32-29(48-5)27(42)28(47-4)13(2)51-32/h8,10-11,13,19,27-29,32,37-38,40-42,46H,9H2,1-7H3/b36-17+/t13-,19+,27+,28-,29+,32-,34-,35+/m0/s1. The summed E-state index contributed by atoms with van der Waals surface area (Å²) in [6.45, 7) is 3.13. The van der Waals surface area contributed by atoms with Crippen molar-refractivity contribution in [1.82, 2.24) is 5.32 Å². The number of hydrogen-bond acceptors (Lipinski definition) is 16. The zero-order chi connectivity index (χ0) is 37.5. The van der Waals surface area contributed by atoms with Crippen LogP contribution in [0.15, 0.2) is 28.9 Å². The van der Waals surface area contributed by atoms with Crippen molar-refractivity contribution in [3.05, 3.63) is 68.4 Å². The number of aliphatic imine (C=N–C) groups is 1. The lowest BCUT2D eigenvalue weighted by Crippen LogP contribution is -2.73. The largest absolute Gasteiger partial charge is 0.507 e. The van der Waals surface area contributed by atoms with E-state index in [0.717, 1.165) is 20.3 Å². The summed E-state index contributed by atoms with van der Waals surface area (Å²) < 4.78 is 27.1. The number of esters is 1. The maximum Gasteiger partial charge on any atom is 0.341 e. The molecule has 272 valence electrons. The summed E-state index contributed by atoms with van der Waals surface area (Å²) >= 11 is 0. The lowest BCUT2D eigenvalue weighted by molar-refractivity contribution is -0.236. The normalized spacial score (nSPS) is 32.1. The second-order valence-electron chi connectivity index (χ2n) is 12.8. The van der Waals surface area contributed by atoms with Gasteiger partial charge in [-0.25, -0.2) is 4.79 Å². The van der Waals surface area contributed by atoms with E-state index in [-0.39, 0.29) is 33.7 Å². The fourth-order valence-electron chi connectivity index (χ4n) is 8.04. The van der Waals surface area contributed by atoms with Gasteiger partial charge < -0.3 is 54.5 Å². The highest BCUT2D eigenvalue weighted by Crippen LogP contribution is 2.56. The number of nitrogens with zero attached hydrogens (tertiary/aromatic N) is 1. The number of benzene rings is 2. The topological polar surface area (TPSA) is 240 Å². The van der Waals surface area contributed by atoms with Gasteiger partial charge in [0.15, 0.2) is 17.4 Å². The number of allylic oxidation sites excluding steroid dienone is 2. The molecule has 0 amide bonds. The molecule has 0 bridgehead atoms. The van der Waals surface area contributed by atoms with Crippen molar-refractivity contribution in [2.24, 2.45) is 4.99 Å². The molecular formula is C35H38N2O14. The van der Waals surface area contributed by atoms with Crippen LogP contribution in [0.1, 0.15) is 70.6 Å². The molecule has 0 radical (unpaired) electrons. The van der Waals surface area contributed by atoms with Crippen LogP contribution >= 0.6 is 0 Å². The van der Waals surface area contributed by atoms with Crippen LogP contribution in [0.4, 0.5) is 0 Å². The number of ether oxygens (including phenoxy) is 5. The van der Waals surface area contributed by atoms with Crippen molar-refractivity contribution in [1.29, 1.82) is 0 Å². The predicted octanol–water partition coefficient (Wildman–Crippen LogP) is -0.0138. The van der Waals surface area contributed by atoms with Crippen LogP contribution in [0.2, 0.25) is 0 Å². The van der Waals surface area contributed by atoms with E-state index in [9.17, 15) is 44.7 Å². The highest BCUT2D eigenvalue weighted by molar-refractivity contribution is 6.31. The highest BCUT2D eigenvalue weighted by Gasteiger charge is 2.72. The molecule has 16 nitrogen and oxygen atoms in total. The van der Waals surface area contributed by atoms with Crippen LogP contribution in [0.5, 0.6) is 11.5 Å². The molecule has 0 saturated carbocycles. The Labute approximate surface area is 291 Å². The first-order valence-electron chi connectivity index (χ1n) is 15.9. The second-order valence-corrected chi connectivity index (χ2v) is 12.8. The van der Waals surface area contributed by atoms with Gasteiger partial charge >= 0.3 is 5.97 Å². The number of methoxy groups -OCH3 is 4. The van der Waals surface area contributed by atoms with Crippen molar-refractivity contribution in [3.8, 4) is 11.5 Å². The molecule has 1 heterocycles. The van der Waals surface area contributed by atoms with Crippen LogP contribution in [-0.2, 0) is 35.7 Å². The van der Waals surface area contributed by atoms with Crippen molar-refractivity contribution in [2.45, 2.75) is 68.2 Å². The maximum absolute atomic E-state index is 14.7. The lowest BCUT2D eigenvalue weighted by Gasteiger charge is -2.53. The summed E-state index contributed by atoms with van der Waals surface area (Å²) in [5.74, 6) is -6.08. The molecule has 0 spiro atoms. The third kappa shape index (κ3) is 4.68. The third-order valence-corrected chi connectivity index (χ3v) is 10.4. The van der Waals surface area contributed by atoms with E-state index in [4.69, 9.17) is 23.7 Å². The number of carbonyl (C=O) groups is 4. The zero-order valence-corrected chi connectivity index (χ0v) is 28.8. The molecule has 0 aromatic heterocycles. The lowest BCUT2D eigenvalue weighted by atomic mass is 9.56. The van der Waals surface area contributed by atoms with Crippen LogP contribution < -0.4 is 5.32 Å². The number of ketones is 3. The molecular weight excluding hydrogens is 672 g/mol. The summed E-state index contributed by atoms with van der Waals surface area (Å²) in [6.07, 6.45) is -5.69. The first kappa shape index (κ1) is 36.2. The summed E-state index contributed by atoms with van der Waals surface area (Å²) in [6, 6.07) is 2.37. The predicted molar refractivity (Wildman–Crippen MR) is 174 cm³/mol. The van der Waals surface area contributed by atoms with E-state index >= 15 is 0 Å². The number of carbonyl (C=O) groups excluding carboxylic acids is 4. The minimum Gasteiger partial charge on any atom is -0.507 e. The Morgan fingerprint density at radius 1 is 0.980 bits per heavy atom. The molecule has 1 fully saturated rings. The van der Waals surface area contributed by atoms with E-state index in [2.05, 4.69) is 10.3 Å². The van der Waals surface area contributed by atoms with E-state index in [0.29, 0.717) is 0 Å². The average Bonchev–Trinajstić information content (AvgIpc) is 3.08. The maximum atomic E-state index is 14.7. The van der Waals surface area contributed by atoms with Crippen LogP contribution in [0.25, 0.3) is 0 Å². The monoisotopic (exact) mass is 710 g/mol. The number of hydrogen-bond donors (Lipinski definition) is 6. The Hall–Kier alpha value is -4.55. The number of nitrogens with one attached hydrogen (secondary N) is 1. The van der Waals surface area contributed by atoms with E-state index in [1.807, 2.05) is 0 Å². The summed E-state index contributed by atoms with van der Waals surface area (Å²) in [5.41, 5.74) is -8.72. The molecule has 0 unspecified atom stereocenters. The number of rotatable bonds is 6. The van der Waals surface area contributed by atoms with Gasteiger partial charge in [0.25, 0.3) is 0 Å². The Morgan fingerprint density at radius 3 is 2.24 bits per heavy atom. The minimum absolute atomic E-state index is 0.00142. The SMILES string of the molecule is C/N=C1\C=C(N[C@H]2O[C@@H](C)[C@H](OC)[C@@H](O)[C@H]2OC)C(=O)c2cc3c(c(O)c21)C(=O)[C@]1(OC)[C@H](O)Cc2cc(C)c(C(=O)OC)c(O)c2[C@]1(O)C3=O. The van der Waals surface area contributed by atoms with Gasteiger partial charge in [0, 0.05) is 51.5 Å². The second kappa shape index (κ2) is 12.6. The van der Waals surface area contributed by atoms with Gasteiger partial charge in [-0.2, -0.15) is 0 Å². The Bertz CT molecular complexity index is 1950. The zero-order valence-electron chi connectivity index (χ0n) is 28.8. The van der Waals surface area contributed by atoms with Crippen LogP contribution in [-0.4, -0.2) is 132 Å². The van der Waals surface area contributed by atoms with Crippen molar-refractivity contribution >= 4 is 29.0 Å². The van der Waals surface area contributed by atoms with Gasteiger partial charge in [0.1, 0.15) is 35.4 Å². The fourth-order valence-corrected chi connectivity index (χ4v) is 8.04. The van der Waals surface area contributed by atoms with Crippen molar-refractivity contribution in [3.63, 3.8) is 0 Å². The van der Waals surface area contributed by atoms with Crippen molar-refractivity contribution in [2.75, 3.05) is 35.5 Å². The van der Waals surface area contributed by atoms with E-state index < -0.39 is 111 Å². The van der Waals surface area contributed by atoms with E-state index in [1.165, 1.54) is 40.3 Å². The van der Waals surface area contributed by atoms with Gasteiger partial charge in [0.05, 0.1) is 41.9 Å². The van der Waals surface area contributed by atoms with Crippen LogP contribution in [0.3, 0.4) is 0 Å². The molecule has 2 aromatic carbocycles. The molecule has 1 saturated heterocycles. The quantitative estimate of drug-likeness (QED) is 0.216. The number of Topliss-reactive ketones (excluding diaryl/α,β-unsaturated/α-hetero) is 3. The number of fused-ring (bicyclic) bond motifs is 5. The molecule has 2 aromatic rings. The molecule has 8 atom stereocenters. The number of aliphatic hydroxyl groups excluding tert-OH is 2. The van der Waals surface area contributed by atoms with Gasteiger partial charge in [-0.15, -0.1) is 0 Å². The van der Waals surface area contributed by atoms with Gasteiger partial charge in [-0.3, -0.25) is 19.4 Å². The first-order valence-corrected chi connectivity index (χ1v) is 15.9. The molecule has 4 aliphatic rings. The van der Waals surface area contributed by atoms with Crippen LogP contribution in [0, 0.1) is 6.92 Å². The average molecular weight is 711 g/mol. The Kier molecular flexibility index (Phi) is 8.95. The summed E-state index contributed by atoms with van der Waals surface area (Å²) in [7, 11) is 6.13. The Balaban J connectivity index is 1.54. The van der Waals surface area contributed by atoms with Gasteiger partial charge in [0.2, 0.25) is 17.3 Å². The van der Waals surface area contributed by atoms with E-state index in [1.54, 1.807) is 6.92 Å². The number of aryl methyl sites for hydroxylation is 1. The van der Waals surface area contributed by atoms with Gasteiger partial charge in [-0.05, 0) is 37.1 Å². The molecule has 3 aliphatic carbocycles. The minimum atomic E-state index is -3.18. The number of phenolic OH excluding ortho intramolecular Hbond substituents is 2.